The molecule has 0 fully saturated rings. The third-order valence-corrected chi connectivity index (χ3v) is 1.64. The van der Waals surface area contributed by atoms with Gasteiger partial charge in [0.2, 0.25) is 0 Å². The second kappa shape index (κ2) is 6.74. The fourth-order valence-corrected chi connectivity index (χ4v) is 1.02. The summed E-state index contributed by atoms with van der Waals surface area (Å²) in [6.45, 7) is 0.365. The minimum Gasteiger partial charge on any atom is -0.396 e. The summed E-state index contributed by atoms with van der Waals surface area (Å²) in [7, 11) is 0. The molecule has 0 aromatic heterocycles. The monoisotopic (exact) mass is 145 g/mol. The van der Waals surface area contributed by atoms with Crippen molar-refractivity contribution in [3.63, 3.8) is 0 Å². The summed E-state index contributed by atoms with van der Waals surface area (Å²) < 4.78 is 0. The van der Waals surface area contributed by atoms with Crippen molar-refractivity contribution in [1.29, 1.82) is 0 Å². The predicted octanol–water partition coefficient (Wildman–Crippen LogP) is 0.669. The Kier molecular flexibility index (Phi) is 6.48. The molecule has 10 heavy (non-hydrogen) atoms. The third-order valence-electron chi connectivity index (χ3n) is 1.64. The fraction of sp³-hybridized carbons (Fsp3) is 0.714. The molecule has 3 nitrogen and oxygen atoms in total. The quantitative estimate of drug-likeness (QED) is 0.375. The average Bonchev–Trinajstić information content (AvgIpc) is 2.10. The molecule has 0 heterocycles. The van der Waals surface area contributed by atoms with Gasteiger partial charge in [0.15, 0.2) is 0 Å². The number of hydrogen-bond donors (Lipinski definition) is 3. The first-order chi connectivity index (χ1) is 4.93. The van der Waals surface area contributed by atoms with Crippen LogP contribution in [0.2, 0.25) is 0 Å². The number of hydrogen-bond acceptors (Lipinski definition) is 3. The molecule has 0 spiro atoms. The van der Waals surface area contributed by atoms with Gasteiger partial charge >= 0.3 is 0 Å². The molecule has 0 saturated heterocycles. The highest BCUT2D eigenvalue weighted by atomic mass is 16.4. The maximum atomic E-state index is 8.66. The van der Waals surface area contributed by atoms with Crippen molar-refractivity contribution >= 4 is 0 Å². The van der Waals surface area contributed by atoms with Crippen LogP contribution < -0.4 is 5.90 Å². The molecule has 1 atom stereocenters. The lowest BCUT2D eigenvalue weighted by Crippen LogP contribution is -2.06. The SMILES string of the molecule is NO.OC[C@H]1CC=CCC1. The Morgan fingerprint density at radius 3 is 2.40 bits per heavy atom. The van der Waals surface area contributed by atoms with Gasteiger partial charge in [0.25, 0.3) is 0 Å². The Bertz CT molecular complexity index is 93.6. The van der Waals surface area contributed by atoms with Gasteiger partial charge in [-0.2, -0.15) is 0 Å². The van der Waals surface area contributed by atoms with Crippen LogP contribution >= 0.6 is 0 Å². The van der Waals surface area contributed by atoms with Crippen molar-refractivity contribution in [2.75, 3.05) is 6.61 Å². The highest BCUT2D eigenvalue weighted by molar-refractivity contribution is 4.89. The second-order valence-electron chi connectivity index (χ2n) is 2.33. The summed E-state index contributed by atoms with van der Waals surface area (Å²) in [6, 6.07) is 0. The van der Waals surface area contributed by atoms with E-state index in [1.54, 1.807) is 0 Å². The molecule has 0 saturated carbocycles. The van der Waals surface area contributed by atoms with E-state index >= 15 is 0 Å². The van der Waals surface area contributed by atoms with Crippen LogP contribution in [-0.4, -0.2) is 16.9 Å². The Balaban J connectivity index is 0.000000371. The van der Waals surface area contributed by atoms with Crippen LogP contribution in [0, 0.1) is 5.92 Å². The molecule has 1 aliphatic carbocycles. The van der Waals surface area contributed by atoms with Gasteiger partial charge in [-0.1, -0.05) is 12.2 Å². The van der Waals surface area contributed by atoms with Crippen LogP contribution in [-0.2, 0) is 0 Å². The molecular formula is C7H15NO2. The molecule has 0 aliphatic heterocycles. The van der Waals surface area contributed by atoms with Crippen LogP contribution in [0.5, 0.6) is 0 Å². The molecular weight excluding hydrogens is 130 g/mol. The summed E-state index contributed by atoms with van der Waals surface area (Å²) in [5.41, 5.74) is 0. The molecule has 0 aromatic rings. The Labute approximate surface area is 61.1 Å². The zero-order chi connectivity index (χ0) is 7.82. The van der Waals surface area contributed by atoms with Crippen molar-refractivity contribution in [2.45, 2.75) is 19.3 Å². The molecule has 4 N–H and O–H groups in total. The molecule has 3 heteroatoms. The van der Waals surface area contributed by atoms with Gasteiger partial charge in [-0.15, -0.1) is 0 Å². The highest BCUT2D eigenvalue weighted by Crippen LogP contribution is 2.16. The smallest absolute Gasteiger partial charge is 0.0462 e. The average molecular weight is 145 g/mol. The summed E-state index contributed by atoms with van der Waals surface area (Å²) in [5.74, 6) is 4.06. The van der Waals surface area contributed by atoms with E-state index in [0.717, 1.165) is 12.8 Å². The van der Waals surface area contributed by atoms with Crippen molar-refractivity contribution in [1.82, 2.24) is 0 Å². The number of aliphatic hydroxyl groups excluding tert-OH is 1. The third kappa shape index (κ3) is 3.61. The maximum absolute atomic E-state index is 8.66. The fourth-order valence-electron chi connectivity index (χ4n) is 1.02. The molecule has 0 amide bonds. The number of rotatable bonds is 1. The predicted molar refractivity (Wildman–Crippen MR) is 39.5 cm³/mol. The highest BCUT2D eigenvalue weighted by Gasteiger charge is 2.06. The van der Waals surface area contributed by atoms with E-state index in [9.17, 15) is 0 Å². The minimum absolute atomic E-state index is 0.365. The van der Waals surface area contributed by atoms with Crippen LogP contribution in [0.3, 0.4) is 0 Å². The lowest BCUT2D eigenvalue weighted by molar-refractivity contribution is 0.217. The van der Waals surface area contributed by atoms with Gasteiger partial charge in [-0.3, -0.25) is 0 Å². The molecule has 60 valence electrons. The summed E-state index contributed by atoms with van der Waals surface area (Å²) in [4.78, 5) is 0. The van der Waals surface area contributed by atoms with Gasteiger partial charge < -0.3 is 10.3 Å². The zero-order valence-corrected chi connectivity index (χ0v) is 6.03. The van der Waals surface area contributed by atoms with Crippen LogP contribution in [0.25, 0.3) is 0 Å². The van der Waals surface area contributed by atoms with Crippen LogP contribution in [0.1, 0.15) is 19.3 Å². The van der Waals surface area contributed by atoms with Crippen LogP contribution in [0.15, 0.2) is 12.2 Å². The van der Waals surface area contributed by atoms with E-state index in [1.807, 2.05) is 0 Å². The molecule has 0 aromatic carbocycles. The first-order valence-corrected chi connectivity index (χ1v) is 3.45. The molecule has 1 aliphatic rings. The lowest BCUT2D eigenvalue weighted by Gasteiger charge is -2.13. The summed E-state index contributed by atoms with van der Waals surface area (Å²) in [5, 5.41) is 15.2. The lowest BCUT2D eigenvalue weighted by atomic mass is 9.96. The van der Waals surface area contributed by atoms with E-state index in [1.165, 1.54) is 6.42 Å². The van der Waals surface area contributed by atoms with Crippen molar-refractivity contribution in [3.05, 3.63) is 12.2 Å². The first-order valence-electron chi connectivity index (χ1n) is 3.45. The second-order valence-corrected chi connectivity index (χ2v) is 2.33. The van der Waals surface area contributed by atoms with Crippen molar-refractivity contribution in [2.24, 2.45) is 11.8 Å². The Morgan fingerprint density at radius 2 is 2.10 bits per heavy atom. The topological polar surface area (TPSA) is 66.5 Å². The van der Waals surface area contributed by atoms with Crippen molar-refractivity contribution in [3.8, 4) is 0 Å². The van der Waals surface area contributed by atoms with E-state index in [2.05, 4.69) is 18.0 Å². The summed E-state index contributed by atoms with van der Waals surface area (Å²) in [6.07, 6.45) is 7.76. The largest absolute Gasteiger partial charge is 0.396 e. The van der Waals surface area contributed by atoms with Gasteiger partial charge in [0.05, 0.1) is 0 Å². The molecule has 0 radical (unpaired) electrons. The first kappa shape index (κ1) is 9.62. The van der Waals surface area contributed by atoms with Gasteiger partial charge in [-0.25, -0.2) is 5.90 Å². The molecule has 1 rings (SSSR count). The van der Waals surface area contributed by atoms with Crippen LogP contribution in [0.4, 0.5) is 0 Å². The Hall–Kier alpha value is -0.380. The minimum atomic E-state index is 0.365. The van der Waals surface area contributed by atoms with Gasteiger partial charge in [0, 0.05) is 6.61 Å². The normalized spacial score (nSPS) is 23.3. The van der Waals surface area contributed by atoms with E-state index < -0.39 is 0 Å². The number of allylic oxidation sites excluding steroid dienone is 2. The summed E-state index contributed by atoms with van der Waals surface area (Å²) >= 11 is 0. The molecule has 0 unspecified atom stereocenters. The van der Waals surface area contributed by atoms with E-state index in [-0.39, 0.29) is 0 Å². The van der Waals surface area contributed by atoms with E-state index in [0.29, 0.717) is 12.5 Å². The zero-order valence-electron chi connectivity index (χ0n) is 6.03. The standard InChI is InChI=1S/C7H12O.H3NO/c8-6-7-4-2-1-3-5-7;1-2/h1-2,7-8H,3-6H2;2H,1H2/t7-;/m0./s1. The Morgan fingerprint density at radius 1 is 1.40 bits per heavy atom. The van der Waals surface area contributed by atoms with Gasteiger partial charge in [-0.05, 0) is 25.2 Å². The molecule has 0 bridgehead atoms. The maximum Gasteiger partial charge on any atom is 0.0462 e. The number of nitrogens with two attached hydrogens (primary N) is 1. The van der Waals surface area contributed by atoms with Crippen molar-refractivity contribution < 1.29 is 10.3 Å². The van der Waals surface area contributed by atoms with E-state index in [4.69, 9.17) is 10.3 Å². The number of aliphatic hydroxyl groups is 1. The van der Waals surface area contributed by atoms with Gasteiger partial charge in [0.1, 0.15) is 0 Å².